The molecule has 0 unspecified atom stereocenters. The molecule has 92 valence electrons. The summed E-state index contributed by atoms with van der Waals surface area (Å²) in [5.41, 5.74) is -0.174. The maximum absolute atomic E-state index is 11.8. The zero-order valence-corrected chi connectivity index (χ0v) is 9.92. The van der Waals surface area contributed by atoms with Crippen LogP contribution in [0.5, 0.6) is 0 Å². The fourth-order valence-corrected chi connectivity index (χ4v) is 2.20. The first-order valence-corrected chi connectivity index (χ1v) is 6.05. The van der Waals surface area contributed by atoms with E-state index in [9.17, 15) is 9.59 Å². The van der Waals surface area contributed by atoms with E-state index in [2.05, 4.69) is 5.32 Å². The van der Waals surface area contributed by atoms with Gasteiger partial charge in [0, 0.05) is 18.4 Å². The van der Waals surface area contributed by atoms with Gasteiger partial charge in [-0.1, -0.05) is 19.8 Å². The minimum absolute atomic E-state index is 0.139. The summed E-state index contributed by atoms with van der Waals surface area (Å²) in [7, 11) is 0. The molecule has 0 atom stereocenters. The number of unbranched alkanes of at least 4 members (excludes halogenated alkanes) is 1. The molecule has 1 amide bonds. The van der Waals surface area contributed by atoms with Gasteiger partial charge in [-0.2, -0.15) is 0 Å². The number of aliphatic carboxylic acids is 1. The second kappa shape index (κ2) is 5.87. The molecule has 0 heterocycles. The van der Waals surface area contributed by atoms with Crippen molar-refractivity contribution in [1.82, 2.24) is 5.32 Å². The molecule has 1 saturated carbocycles. The first-order valence-electron chi connectivity index (χ1n) is 6.05. The Balaban J connectivity index is 2.13. The standard InChI is InChI=1S/C12H21NO3/c1-12(7-3-4-8-12)11(16)13-9-5-2-6-10(14)15/h2-9H2,1H3,(H,13,16)(H,14,15). The summed E-state index contributed by atoms with van der Waals surface area (Å²) < 4.78 is 0. The molecule has 4 nitrogen and oxygen atoms in total. The van der Waals surface area contributed by atoms with E-state index in [1.54, 1.807) is 0 Å². The van der Waals surface area contributed by atoms with Crippen LogP contribution in [0.1, 0.15) is 51.9 Å². The average molecular weight is 227 g/mol. The van der Waals surface area contributed by atoms with Gasteiger partial charge in [0.2, 0.25) is 5.91 Å². The predicted molar refractivity (Wildman–Crippen MR) is 61.1 cm³/mol. The van der Waals surface area contributed by atoms with E-state index in [0.29, 0.717) is 13.0 Å². The van der Waals surface area contributed by atoms with Crippen molar-refractivity contribution in [2.45, 2.75) is 51.9 Å². The van der Waals surface area contributed by atoms with Crippen LogP contribution in [0.4, 0.5) is 0 Å². The largest absolute Gasteiger partial charge is 0.481 e. The number of rotatable bonds is 6. The fraction of sp³-hybridized carbons (Fsp3) is 0.833. The molecule has 1 aliphatic carbocycles. The van der Waals surface area contributed by atoms with Gasteiger partial charge in [0.25, 0.3) is 0 Å². The number of carboxylic acids is 1. The molecule has 0 aromatic rings. The Morgan fingerprint density at radius 1 is 1.25 bits per heavy atom. The highest BCUT2D eigenvalue weighted by Crippen LogP contribution is 2.37. The van der Waals surface area contributed by atoms with Crippen LogP contribution >= 0.6 is 0 Å². The Hall–Kier alpha value is -1.06. The smallest absolute Gasteiger partial charge is 0.303 e. The van der Waals surface area contributed by atoms with Crippen LogP contribution in [0.2, 0.25) is 0 Å². The summed E-state index contributed by atoms with van der Waals surface area (Å²) in [4.78, 5) is 22.1. The molecule has 0 bridgehead atoms. The molecule has 0 aromatic heterocycles. The van der Waals surface area contributed by atoms with Crippen LogP contribution in [0.25, 0.3) is 0 Å². The minimum Gasteiger partial charge on any atom is -0.481 e. The van der Waals surface area contributed by atoms with E-state index in [1.165, 1.54) is 0 Å². The van der Waals surface area contributed by atoms with Crippen molar-refractivity contribution in [2.24, 2.45) is 5.41 Å². The highest BCUT2D eigenvalue weighted by Gasteiger charge is 2.35. The van der Waals surface area contributed by atoms with Gasteiger partial charge in [-0.15, -0.1) is 0 Å². The van der Waals surface area contributed by atoms with E-state index in [0.717, 1.165) is 32.1 Å². The van der Waals surface area contributed by atoms with Crippen molar-refractivity contribution in [3.8, 4) is 0 Å². The minimum atomic E-state index is -0.769. The number of carbonyl (C=O) groups is 2. The van der Waals surface area contributed by atoms with E-state index in [-0.39, 0.29) is 17.7 Å². The van der Waals surface area contributed by atoms with Crippen molar-refractivity contribution in [3.05, 3.63) is 0 Å². The lowest BCUT2D eigenvalue weighted by atomic mass is 9.88. The summed E-state index contributed by atoms with van der Waals surface area (Å²) in [5.74, 6) is -0.630. The summed E-state index contributed by atoms with van der Waals surface area (Å²) in [6, 6.07) is 0. The Bertz CT molecular complexity index is 257. The van der Waals surface area contributed by atoms with Gasteiger partial charge in [0.05, 0.1) is 0 Å². The third-order valence-corrected chi connectivity index (χ3v) is 3.36. The average Bonchev–Trinajstić information content (AvgIpc) is 2.65. The van der Waals surface area contributed by atoms with Gasteiger partial charge >= 0.3 is 5.97 Å². The number of hydrogen-bond acceptors (Lipinski definition) is 2. The second-order valence-electron chi connectivity index (χ2n) is 4.87. The summed E-state index contributed by atoms with van der Waals surface area (Å²) in [6.07, 6.45) is 5.81. The summed E-state index contributed by atoms with van der Waals surface area (Å²) in [5, 5.41) is 11.4. The molecular formula is C12H21NO3. The fourth-order valence-electron chi connectivity index (χ4n) is 2.20. The number of hydrogen-bond donors (Lipinski definition) is 2. The first kappa shape index (κ1) is 13.0. The molecule has 16 heavy (non-hydrogen) atoms. The lowest BCUT2D eigenvalue weighted by Gasteiger charge is -2.22. The normalized spacial score (nSPS) is 18.3. The SMILES string of the molecule is CC1(C(=O)NCCCCC(=O)O)CCCC1. The Kier molecular flexibility index (Phi) is 4.77. The number of carboxylic acid groups (broad SMARTS) is 1. The van der Waals surface area contributed by atoms with Crippen molar-refractivity contribution >= 4 is 11.9 Å². The Morgan fingerprint density at radius 2 is 1.88 bits per heavy atom. The van der Waals surface area contributed by atoms with Crippen molar-refractivity contribution in [3.63, 3.8) is 0 Å². The Labute approximate surface area is 96.4 Å². The molecule has 1 aliphatic rings. The highest BCUT2D eigenvalue weighted by atomic mass is 16.4. The first-order chi connectivity index (χ1) is 7.54. The predicted octanol–water partition coefficient (Wildman–Crippen LogP) is 1.94. The van der Waals surface area contributed by atoms with Crippen LogP contribution < -0.4 is 5.32 Å². The van der Waals surface area contributed by atoms with E-state index in [1.807, 2.05) is 6.92 Å². The molecule has 0 saturated heterocycles. The van der Waals surface area contributed by atoms with Crippen LogP contribution in [0, 0.1) is 5.41 Å². The van der Waals surface area contributed by atoms with Crippen LogP contribution in [-0.4, -0.2) is 23.5 Å². The molecular weight excluding hydrogens is 206 g/mol. The highest BCUT2D eigenvalue weighted by molar-refractivity contribution is 5.82. The van der Waals surface area contributed by atoms with Crippen LogP contribution in [-0.2, 0) is 9.59 Å². The van der Waals surface area contributed by atoms with Crippen molar-refractivity contribution in [2.75, 3.05) is 6.54 Å². The molecule has 1 fully saturated rings. The third-order valence-electron chi connectivity index (χ3n) is 3.36. The molecule has 1 rings (SSSR count). The number of amides is 1. The zero-order chi connectivity index (χ0) is 12.0. The van der Waals surface area contributed by atoms with Gasteiger partial charge in [-0.3, -0.25) is 9.59 Å². The molecule has 4 heteroatoms. The number of carbonyl (C=O) groups excluding carboxylic acids is 1. The lowest BCUT2D eigenvalue weighted by molar-refractivity contribution is -0.137. The molecule has 0 radical (unpaired) electrons. The van der Waals surface area contributed by atoms with Gasteiger partial charge < -0.3 is 10.4 Å². The van der Waals surface area contributed by atoms with Crippen LogP contribution in [0.3, 0.4) is 0 Å². The van der Waals surface area contributed by atoms with E-state index < -0.39 is 5.97 Å². The lowest BCUT2D eigenvalue weighted by Crippen LogP contribution is -2.37. The molecule has 0 aliphatic heterocycles. The molecule has 0 aromatic carbocycles. The zero-order valence-electron chi connectivity index (χ0n) is 9.92. The number of nitrogens with one attached hydrogen (secondary N) is 1. The maximum Gasteiger partial charge on any atom is 0.303 e. The monoisotopic (exact) mass is 227 g/mol. The van der Waals surface area contributed by atoms with Gasteiger partial charge in [0.1, 0.15) is 0 Å². The van der Waals surface area contributed by atoms with Gasteiger partial charge in [0.15, 0.2) is 0 Å². The summed E-state index contributed by atoms with van der Waals surface area (Å²) in [6.45, 7) is 2.62. The van der Waals surface area contributed by atoms with E-state index in [4.69, 9.17) is 5.11 Å². The second-order valence-corrected chi connectivity index (χ2v) is 4.87. The van der Waals surface area contributed by atoms with Gasteiger partial charge in [-0.05, 0) is 25.7 Å². The van der Waals surface area contributed by atoms with Gasteiger partial charge in [-0.25, -0.2) is 0 Å². The molecule has 2 N–H and O–H groups in total. The molecule has 0 spiro atoms. The van der Waals surface area contributed by atoms with Crippen molar-refractivity contribution in [1.29, 1.82) is 0 Å². The van der Waals surface area contributed by atoms with Crippen LogP contribution in [0.15, 0.2) is 0 Å². The quantitative estimate of drug-likeness (QED) is 0.681. The summed E-state index contributed by atoms with van der Waals surface area (Å²) >= 11 is 0. The Morgan fingerprint density at radius 3 is 2.44 bits per heavy atom. The third kappa shape index (κ3) is 3.83. The maximum atomic E-state index is 11.8. The van der Waals surface area contributed by atoms with Crippen molar-refractivity contribution < 1.29 is 14.7 Å². The van der Waals surface area contributed by atoms with E-state index >= 15 is 0 Å². The topological polar surface area (TPSA) is 66.4 Å².